The Bertz CT molecular complexity index is 1010. The number of halogens is 1. The lowest BCUT2D eigenvalue weighted by Gasteiger charge is -2.09. The number of amides is 2. The van der Waals surface area contributed by atoms with Crippen molar-refractivity contribution in [3.8, 4) is 0 Å². The minimum Gasteiger partial charge on any atom is -0.370 e. The largest absolute Gasteiger partial charge is 0.370 e. The van der Waals surface area contributed by atoms with Gasteiger partial charge in [0.1, 0.15) is 11.6 Å². The monoisotopic (exact) mass is 392 g/mol. The van der Waals surface area contributed by atoms with E-state index >= 15 is 0 Å². The maximum absolute atomic E-state index is 13.7. The molecule has 0 radical (unpaired) electrons. The van der Waals surface area contributed by atoms with Crippen LogP contribution in [0.1, 0.15) is 22.8 Å². The van der Waals surface area contributed by atoms with Crippen molar-refractivity contribution in [1.29, 1.82) is 0 Å². The average molecular weight is 392 g/mol. The maximum Gasteiger partial charge on any atom is 0.255 e. The molecule has 0 fully saturated rings. The number of anilines is 3. The zero-order valence-corrected chi connectivity index (χ0v) is 15.9. The van der Waals surface area contributed by atoms with Gasteiger partial charge < -0.3 is 16.0 Å². The van der Waals surface area contributed by atoms with Crippen molar-refractivity contribution < 1.29 is 14.0 Å². The Morgan fingerprint density at radius 2 is 1.66 bits per heavy atom. The average Bonchev–Trinajstić information content (AvgIpc) is 2.71. The number of benzene rings is 2. The van der Waals surface area contributed by atoms with Crippen molar-refractivity contribution in [2.45, 2.75) is 13.3 Å². The highest BCUT2D eigenvalue weighted by Crippen LogP contribution is 2.16. The molecule has 29 heavy (non-hydrogen) atoms. The van der Waals surface area contributed by atoms with E-state index in [9.17, 15) is 14.0 Å². The van der Waals surface area contributed by atoms with Gasteiger partial charge in [-0.25, -0.2) is 9.37 Å². The van der Waals surface area contributed by atoms with Gasteiger partial charge in [0.05, 0.1) is 0 Å². The molecule has 0 saturated carbocycles. The summed E-state index contributed by atoms with van der Waals surface area (Å²) >= 11 is 0. The van der Waals surface area contributed by atoms with Crippen molar-refractivity contribution >= 4 is 29.0 Å². The van der Waals surface area contributed by atoms with E-state index in [1.54, 1.807) is 60.8 Å². The van der Waals surface area contributed by atoms with Crippen molar-refractivity contribution in [2.75, 3.05) is 22.5 Å². The number of aromatic nitrogens is 1. The van der Waals surface area contributed by atoms with Gasteiger partial charge in [0.25, 0.3) is 5.91 Å². The number of pyridine rings is 1. The molecule has 7 heteroatoms. The lowest BCUT2D eigenvalue weighted by Crippen LogP contribution is -2.13. The van der Waals surface area contributed by atoms with Crippen LogP contribution in [-0.2, 0) is 11.2 Å². The van der Waals surface area contributed by atoms with Crippen LogP contribution < -0.4 is 16.0 Å². The van der Waals surface area contributed by atoms with Crippen LogP contribution in [0, 0.1) is 5.82 Å². The molecule has 6 nitrogen and oxygen atoms in total. The number of nitrogens with one attached hydrogen (secondary N) is 3. The molecule has 0 aliphatic carbocycles. The molecular weight excluding hydrogens is 371 g/mol. The highest BCUT2D eigenvalue weighted by atomic mass is 19.1. The van der Waals surface area contributed by atoms with Crippen LogP contribution in [0.15, 0.2) is 66.9 Å². The highest BCUT2D eigenvalue weighted by molar-refractivity contribution is 6.04. The van der Waals surface area contributed by atoms with Gasteiger partial charge >= 0.3 is 0 Å². The predicted octanol–water partition coefficient (Wildman–Crippen LogP) is 4.09. The van der Waals surface area contributed by atoms with Gasteiger partial charge in [-0.05, 0) is 54.4 Å². The third-order valence-corrected chi connectivity index (χ3v) is 4.14. The van der Waals surface area contributed by atoms with Crippen LogP contribution in [0.4, 0.5) is 21.6 Å². The van der Waals surface area contributed by atoms with E-state index in [2.05, 4.69) is 20.9 Å². The Morgan fingerprint density at radius 3 is 2.34 bits per heavy atom. The topological polar surface area (TPSA) is 83.1 Å². The van der Waals surface area contributed by atoms with Crippen molar-refractivity contribution in [3.05, 3.63) is 83.8 Å². The number of carbonyl (C=O) groups is 2. The second-order valence-corrected chi connectivity index (χ2v) is 6.41. The lowest BCUT2D eigenvalue weighted by molar-refractivity contribution is -0.114. The fraction of sp³-hybridized carbons (Fsp3) is 0.136. The number of rotatable bonds is 7. The summed E-state index contributed by atoms with van der Waals surface area (Å²) in [6.07, 6.45) is 2.05. The van der Waals surface area contributed by atoms with E-state index in [4.69, 9.17) is 0 Å². The van der Waals surface area contributed by atoms with Crippen LogP contribution >= 0.6 is 0 Å². The van der Waals surface area contributed by atoms with Crippen molar-refractivity contribution in [3.63, 3.8) is 0 Å². The molecule has 0 aliphatic heterocycles. The first-order valence-corrected chi connectivity index (χ1v) is 9.13. The van der Waals surface area contributed by atoms with Gasteiger partial charge in [-0.2, -0.15) is 0 Å². The molecule has 0 spiro atoms. The van der Waals surface area contributed by atoms with E-state index in [-0.39, 0.29) is 17.6 Å². The molecule has 0 saturated heterocycles. The second-order valence-electron chi connectivity index (χ2n) is 6.41. The molecule has 1 aromatic heterocycles. The number of hydrogen-bond donors (Lipinski definition) is 3. The first-order valence-electron chi connectivity index (χ1n) is 9.13. The fourth-order valence-electron chi connectivity index (χ4n) is 2.74. The predicted molar refractivity (Wildman–Crippen MR) is 112 cm³/mol. The van der Waals surface area contributed by atoms with E-state index in [0.717, 1.165) is 0 Å². The van der Waals surface area contributed by atoms with Crippen LogP contribution in [-0.4, -0.2) is 23.3 Å². The standard InChI is InChI=1S/C22H21FN4O2/c1-15(28)26-18-6-8-19(9-7-18)27-22(29)17-11-13-25-21(14-17)24-12-10-16-4-2-3-5-20(16)23/h2-9,11,13-14H,10,12H2,1H3,(H,24,25)(H,26,28)(H,27,29). The summed E-state index contributed by atoms with van der Waals surface area (Å²) < 4.78 is 13.7. The Kier molecular flexibility index (Phi) is 6.52. The zero-order valence-electron chi connectivity index (χ0n) is 15.9. The highest BCUT2D eigenvalue weighted by Gasteiger charge is 2.08. The summed E-state index contributed by atoms with van der Waals surface area (Å²) in [7, 11) is 0. The Labute approximate surface area is 168 Å². The van der Waals surface area contributed by atoms with Crippen LogP contribution in [0.5, 0.6) is 0 Å². The van der Waals surface area contributed by atoms with E-state index in [1.165, 1.54) is 13.0 Å². The van der Waals surface area contributed by atoms with E-state index in [1.807, 2.05) is 0 Å². The summed E-state index contributed by atoms with van der Waals surface area (Å²) in [6, 6.07) is 16.7. The molecule has 3 N–H and O–H groups in total. The summed E-state index contributed by atoms with van der Waals surface area (Å²) in [5.41, 5.74) is 2.33. The van der Waals surface area contributed by atoms with Crippen molar-refractivity contribution in [1.82, 2.24) is 4.98 Å². The van der Waals surface area contributed by atoms with E-state index in [0.29, 0.717) is 41.3 Å². The smallest absolute Gasteiger partial charge is 0.255 e. The third-order valence-electron chi connectivity index (χ3n) is 4.14. The van der Waals surface area contributed by atoms with Gasteiger partial charge in [-0.1, -0.05) is 18.2 Å². The van der Waals surface area contributed by atoms with Gasteiger partial charge in [0.2, 0.25) is 5.91 Å². The summed E-state index contributed by atoms with van der Waals surface area (Å²) in [4.78, 5) is 27.7. The van der Waals surface area contributed by atoms with Crippen molar-refractivity contribution in [2.24, 2.45) is 0 Å². The Morgan fingerprint density at radius 1 is 0.966 bits per heavy atom. The van der Waals surface area contributed by atoms with Crippen LogP contribution in [0.3, 0.4) is 0 Å². The van der Waals surface area contributed by atoms with Gasteiger partial charge in [-0.15, -0.1) is 0 Å². The van der Waals surface area contributed by atoms with Gasteiger partial charge in [0.15, 0.2) is 0 Å². The Balaban J connectivity index is 1.57. The molecule has 1 heterocycles. The quantitative estimate of drug-likeness (QED) is 0.566. The third kappa shape index (κ3) is 5.87. The SMILES string of the molecule is CC(=O)Nc1ccc(NC(=O)c2ccnc(NCCc3ccccc3F)c2)cc1. The van der Waals surface area contributed by atoms with Gasteiger partial charge in [0, 0.05) is 36.6 Å². The maximum atomic E-state index is 13.7. The van der Waals surface area contributed by atoms with Crippen LogP contribution in [0.25, 0.3) is 0 Å². The van der Waals surface area contributed by atoms with Crippen LogP contribution in [0.2, 0.25) is 0 Å². The van der Waals surface area contributed by atoms with Gasteiger partial charge in [-0.3, -0.25) is 9.59 Å². The van der Waals surface area contributed by atoms with E-state index < -0.39 is 0 Å². The molecule has 0 unspecified atom stereocenters. The minimum atomic E-state index is -0.281. The molecular formula is C22H21FN4O2. The molecule has 3 rings (SSSR count). The molecule has 148 valence electrons. The fourth-order valence-corrected chi connectivity index (χ4v) is 2.74. The molecule has 2 amide bonds. The number of hydrogen-bond acceptors (Lipinski definition) is 4. The Hall–Kier alpha value is -3.74. The summed E-state index contributed by atoms with van der Waals surface area (Å²) in [6.45, 7) is 1.92. The molecule has 0 atom stereocenters. The minimum absolute atomic E-state index is 0.159. The lowest BCUT2D eigenvalue weighted by atomic mass is 10.1. The number of carbonyl (C=O) groups excluding carboxylic acids is 2. The number of nitrogens with zero attached hydrogens (tertiary/aromatic N) is 1. The summed E-state index contributed by atoms with van der Waals surface area (Å²) in [5, 5.41) is 8.57. The molecule has 0 bridgehead atoms. The normalized spacial score (nSPS) is 10.3. The molecule has 0 aliphatic rings. The molecule has 3 aromatic rings. The first-order chi connectivity index (χ1) is 14.0. The first kappa shape index (κ1) is 20.0. The summed E-state index contributed by atoms with van der Waals surface area (Å²) in [5.74, 6) is -0.139. The molecule has 2 aromatic carbocycles. The second kappa shape index (κ2) is 9.45. The zero-order chi connectivity index (χ0) is 20.6.